The molecule has 10 aromatic rings. The lowest BCUT2D eigenvalue weighted by Gasteiger charge is -2.26. The van der Waals surface area contributed by atoms with Gasteiger partial charge in [0.05, 0.1) is 0 Å². The molecular formula is C55H37NO. The van der Waals surface area contributed by atoms with E-state index in [1.54, 1.807) is 0 Å². The molecule has 1 aliphatic rings. The minimum atomic E-state index is 0.216. The zero-order chi connectivity index (χ0) is 37.7. The van der Waals surface area contributed by atoms with Gasteiger partial charge in [-0.15, -0.1) is 0 Å². The molecule has 9 aromatic carbocycles. The molecule has 2 nitrogen and oxygen atoms in total. The lowest BCUT2D eigenvalue weighted by molar-refractivity contribution is 0.670. The highest BCUT2D eigenvalue weighted by Crippen LogP contribution is 2.48. The smallest absolute Gasteiger partial charge is 0.143 e. The molecule has 0 unspecified atom stereocenters. The molecule has 0 saturated carbocycles. The first-order valence-electron chi connectivity index (χ1n) is 19.6. The van der Waals surface area contributed by atoms with Crippen molar-refractivity contribution < 1.29 is 4.42 Å². The van der Waals surface area contributed by atoms with Gasteiger partial charge in [0.15, 0.2) is 0 Å². The van der Waals surface area contributed by atoms with E-state index in [1.165, 1.54) is 50.1 Å². The molecule has 57 heavy (non-hydrogen) atoms. The largest absolute Gasteiger partial charge is 0.455 e. The van der Waals surface area contributed by atoms with Crippen LogP contribution >= 0.6 is 0 Å². The van der Waals surface area contributed by atoms with Gasteiger partial charge in [-0.05, 0) is 98.1 Å². The lowest BCUT2D eigenvalue weighted by Crippen LogP contribution is -2.09. The van der Waals surface area contributed by atoms with Crippen LogP contribution in [0.25, 0.3) is 66.4 Å². The Kier molecular flexibility index (Phi) is 7.93. The summed E-state index contributed by atoms with van der Waals surface area (Å²) in [6.07, 6.45) is 0. The molecule has 0 amide bonds. The predicted molar refractivity (Wildman–Crippen MR) is 238 cm³/mol. The summed E-state index contributed by atoms with van der Waals surface area (Å²) >= 11 is 0. The first-order chi connectivity index (χ1) is 28.3. The Morgan fingerprint density at radius 2 is 0.807 bits per heavy atom. The molecule has 2 heteroatoms. The first kappa shape index (κ1) is 33.0. The maximum Gasteiger partial charge on any atom is 0.143 e. The monoisotopic (exact) mass is 727 g/mol. The van der Waals surface area contributed by atoms with Crippen LogP contribution in [-0.2, 0) is 0 Å². The molecule has 1 aliphatic carbocycles. The van der Waals surface area contributed by atoms with Gasteiger partial charge < -0.3 is 9.32 Å². The Morgan fingerprint density at radius 3 is 1.47 bits per heavy atom. The zero-order valence-electron chi connectivity index (χ0n) is 31.2. The van der Waals surface area contributed by atoms with Crippen LogP contribution in [0.5, 0.6) is 0 Å². The van der Waals surface area contributed by atoms with Crippen LogP contribution < -0.4 is 4.90 Å². The summed E-state index contributed by atoms with van der Waals surface area (Å²) in [5.41, 5.74) is 18.8. The summed E-state index contributed by atoms with van der Waals surface area (Å²) in [4.78, 5) is 2.34. The number of benzene rings is 9. The van der Waals surface area contributed by atoms with Gasteiger partial charge in [0.2, 0.25) is 0 Å². The van der Waals surface area contributed by atoms with Crippen LogP contribution in [0.2, 0.25) is 0 Å². The summed E-state index contributed by atoms with van der Waals surface area (Å²) in [7, 11) is 0. The van der Waals surface area contributed by atoms with Crippen molar-refractivity contribution in [3.05, 3.63) is 235 Å². The molecule has 0 bridgehead atoms. The molecule has 1 aromatic heterocycles. The molecular weight excluding hydrogens is 691 g/mol. The number of hydrogen-bond acceptors (Lipinski definition) is 2. The van der Waals surface area contributed by atoms with Gasteiger partial charge in [-0.1, -0.05) is 176 Å². The van der Waals surface area contributed by atoms with E-state index in [9.17, 15) is 0 Å². The van der Waals surface area contributed by atoms with Crippen molar-refractivity contribution in [1.29, 1.82) is 0 Å². The molecule has 0 saturated heterocycles. The summed E-state index contributed by atoms with van der Waals surface area (Å²) in [6, 6.07) is 78.8. The van der Waals surface area contributed by atoms with Crippen LogP contribution in [0.4, 0.5) is 17.1 Å². The van der Waals surface area contributed by atoms with E-state index < -0.39 is 0 Å². The van der Waals surface area contributed by atoms with Gasteiger partial charge in [-0.3, -0.25) is 0 Å². The van der Waals surface area contributed by atoms with Crippen molar-refractivity contribution >= 4 is 39.0 Å². The van der Waals surface area contributed by atoms with Gasteiger partial charge >= 0.3 is 0 Å². The fraction of sp³-hybridized carbons (Fsp3) is 0.0182. The Bertz CT molecular complexity index is 3000. The zero-order valence-corrected chi connectivity index (χ0v) is 31.2. The van der Waals surface area contributed by atoms with Crippen LogP contribution in [-0.4, -0.2) is 0 Å². The van der Waals surface area contributed by atoms with Crippen LogP contribution in [0.3, 0.4) is 0 Å². The molecule has 0 radical (unpaired) electrons. The Labute approximate surface area is 332 Å². The highest BCUT2D eigenvalue weighted by molar-refractivity contribution is 6.09. The maximum absolute atomic E-state index is 6.41. The molecule has 0 spiro atoms. The second-order valence-corrected chi connectivity index (χ2v) is 14.9. The number of para-hydroxylation sites is 2. The molecule has 0 aliphatic heterocycles. The fourth-order valence-corrected chi connectivity index (χ4v) is 8.86. The minimum absolute atomic E-state index is 0.216. The maximum atomic E-state index is 6.41. The Balaban J connectivity index is 0.959. The van der Waals surface area contributed by atoms with Crippen molar-refractivity contribution in [2.45, 2.75) is 5.92 Å². The second-order valence-electron chi connectivity index (χ2n) is 14.9. The Morgan fingerprint density at radius 1 is 0.333 bits per heavy atom. The van der Waals surface area contributed by atoms with E-state index >= 15 is 0 Å². The van der Waals surface area contributed by atoms with E-state index in [4.69, 9.17) is 4.42 Å². The summed E-state index contributed by atoms with van der Waals surface area (Å²) in [6.45, 7) is 0. The number of furan rings is 1. The van der Waals surface area contributed by atoms with Gasteiger partial charge in [0, 0.05) is 39.3 Å². The average molecular weight is 728 g/mol. The number of nitrogens with zero attached hydrogens (tertiary/aromatic N) is 1. The van der Waals surface area contributed by atoms with Crippen molar-refractivity contribution in [3.8, 4) is 44.5 Å². The number of rotatable bonds is 7. The fourth-order valence-electron chi connectivity index (χ4n) is 8.86. The molecule has 0 atom stereocenters. The SMILES string of the molecule is c1ccc(-c2ccc(N(c3ccc(-c4cccc(C5c6ccccc6-c6ccccc65)c4)cc3)c3ccc(-c4cccc5c4oc4ccccc45)cc3)cc2)cc1. The number of fused-ring (bicyclic) bond motifs is 6. The van der Waals surface area contributed by atoms with E-state index in [1.807, 2.05) is 12.1 Å². The Hall–Kier alpha value is -7.42. The third-order valence-electron chi connectivity index (χ3n) is 11.6. The van der Waals surface area contributed by atoms with E-state index in [0.29, 0.717) is 0 Å². The topological polar surface area (TPSA) is 16.4 Å². The molecule has 1 heterocycles. The van der Waals surface area contributed by atoms with Crippen molar-refractivity contribution in [3.63, 3.8) is 0 Å². The van der Waals surface area contributed by atoms with Gasteiger partial charge in [-0.25, -0.2) is 0 Å². The standard InChI is InChI=1S/C55H37NO/c1-2-12-37(13-3-1)38-24-30-43(31-25-38)56(45-34-28-40(29-35-45)46-21-11-22-52-49-18-8-9-23-53(49)57-55(46)52)44-32-26-39(27-33-44)41-14-10-15-42(36-41)54-50-19-6-4-16-47(50)48-17-5-7-20-51(48)54/h1-36,54H. The number of anilines is 3. The van der Waals surface area contributed by atoms with Crippen LogP contribution in [0.1, 0.15) is 22.6 Å². The van der Waals surface area contributed by atoms with Crippen molar-refractivity contribution in [2.24, 2.45) is 0 Å². The second kappa shape index (κ2) is 13.7. The highest BCUT2D eigenvalue weighted by Gasteiger charge is 2.29. The van der Waals surface area contributed by atoms with E-state index in [-0.39, 0.29) is 5.92 Å². The summed E-state index contributed by atoms with van der Waals surface area (Å²) < 4.78 is 6.41. The van der Waals surface area contributed by atoms with Gasteiger partial charge in [0.1, 0.15) is 11.2 Å². The molecule has 0 fully saturated rings. The van der Waals surface area contributed by atoms with Crippen LogP contribution in [0, 0.1) is 0 Å². The predicted octanol–water partition coefficient (Wildman–Crippen LogP) is 15.2. The lowest BCUT2D eigenvalue weighted by atomic mass is 9.88. The van der Waals surface area contributed by atoms with Crippen LogP contribution in [0.15, 0.2) is 223 Å². The van der Waals surface area contributed by atoms with Crippen molar-refractivity contribution in [1.82, 2.24) is 0 Å². The van der Waals surface area contributed by atoms with E-state index in [0.717, 1.165) is 50.1 Å². The third kappa shape index (κ3) is 5.73. The first-order valence-corrected chi connectivity index (χ1v) is 19.6. The van der Waals surface area contributed by atoms with E-state index in [2.05, 4.69) is 211 Å². The van der Waals surface area contributed by atoms with Crippen molar-refractivity contribution in [2.75, 3.05) is 4.90 Å². The summed E-state index contributed by atoms with van der Waals surface area (Å²) in [5.74, 6) is 0.216. The molecule has 268 valence electrons. The third-order valence-corrected chi connectivity index (χ3v) is 11.6. The highest BCUT2D eigenvalue weighted by atomic mass is 16.3. The molecule has 0 N–H and O–H groups in total. The summed E-state index contributed by atoms with van der Waals surface area (Å²) in [5, 5.41) is 2.27. The molecule has 11 rings (SSSR count). The minimum Gasteiger partial charge on any atom is -0.455 e. The number of hydrogen-bond donors (Lipinski definition) is 0. The normalized spacial score (nSPS) is 12.1. The van der Waals surface area contributed by atoms with Gasteiger partial charge in [0.25, 0.3) is 0 Å². The quantitative estimate of drug-likeness (QED) is 0.163. The average Bonchev–Trinajstić information content (AvgIpc) is 3.84. The van der Waals surface area contributed by atoms with Gasteiger partial charge in [-0.2, -0.15) is 0 Å².